The van der Waals surface area contributed by atoms with Crippen LogP contribution < -0.4 is 0 Å². The maximum absolute atomic E-state index is 13.0. The standard InChI is InChI=1S/C27H24N2O4/c30-24(29-19-18-23(28-29)20-10-4-1-5-11-20)16-17-25(31)33-27(22-14-8-3-9-15-22)26(32)21-12-6-2-7-13-21/h1-15,27H,16-19H2. The second-order valence-electron chi connectivity index (χ2n) is 7.69. The molecule has 0 fully saturated rings. The predicted molar refractivity (Wildman–Crippen MR) is 125 cm³/mol. The second kappa shape index (κ2) is 10.5. The lowest BCUT2D eigenvalue weighted by atomic mass is 10.00. The van der Waals surface area contributed by atoms with Gasteiger partial charge in [0.25, 0.3) is 0 Å². The molecule has 6 heteroatoms. The molecule has 3 aromatic carbocycles. The molecule has 1 aliphatic heterocycles. The molecule has 1 amide bonds. The van der Waals surface area contributed by atoms with Gasteiger partial charge < -0.3 is 4.74 Å². The lowest BCUT2D eigenvalue weighted by molar-refractivity contribution is -0.149. The van der Waals surface area contributed by atoms with Gasteiger partial charge in [-0.2, -0.15) is 5.10 Å². The van der Waals surface area contributed by atoms with E-state index in [9.17, 15) is 14.4 Å². The summed E-state index contributed by atoms with van der Waals surface area (Å²) >= 11 is 0. The Hall–Kier alpha value is -4.06. The molecule has 0 aliphatic carbocycles. The third-order valence-corrected chi connectivity index (χ3v) is 5.39. The first-order chi connectivity index (χ1) is 16.1. The van der Waals surface area contributed by atoms with Crippen LogP contribution >= 0.6 is 0 Å². The van der Waals surface area contributed by atoms with Crippen molar-refractivity contribution in [2.75, 3.05) is 6.54 Å². The number of benzene rings is 3. The molecule has 4 rings (SSSR count). The predicted octanol–water partition coefficient (Wildman–Crippen LogP) is 4.57. The molecule has 3 aromatic rings. The minimum atomic E-state index is -1.06. The molecule has 0 radical (unpaired) electrons. The van der Waals surface area contributed by atoms with Gasteiger partial charge in [-0.3, -0.25) is 14.4 Å². The third kappa shape index (κ3) is 5.60. The summed E-state index contributed by atoms with van der Waals surface area (Å²) in [5, 5.41) is 5.81. The number of hydrogen-bond acceptors (Lipinski definition) is 5. The highest BCUT2D eigenvalue weighted by molar-refractivity contribution is 6.03. The second-order valence-corrected chi connectivity index (χ2v) is 7.69. The maximum atomic E-state index is 13.0. The van der Waals surface area contributed by atoms with E-state index in [0.29, 0.717) is 24.1 Å². The van der Waals surface area contributed by atoms with Crippen molar-refractivity contribution in [2.45, 2.75) is 25.4 Å². The van der Waals surface area contributed by atoms with E-state index in [1.807, 2.05) is 42.5 Å². The summed E-state index contributed by atoms with van der Waals surface area (Å²) in [6.07, 6.45) is -0.560. The monoisotopic (exact) mass is 440 g/mol. The van der Waals surface area contributed by atoms with E-state index in [2.05, 4.69) is 5.10 Å². The zero-order chi connectivity index (χ0) is 23.0. The topological polar surface area (TPSA) is 76.0 Å². The highest BCUT2D eigenvalue weighted by Gasteiger charge is 2.27. The average molecular weight is 440 g/mol. The minimum absolute atomic E-state index is 0.0363. The van der Waals surface area contributed by atoms with Crippen molar-refractivity contribution < 1.29 is 19.1 Å². The summed E-state index contributed by atoms with van der Waals surface area (Å²) in [5.74, 6) is -1.16. The van der Waals surface area contributed by atoms with Crippen LogP contribution in [0, 0.1) is 0 Å². The normalized spacial score (nSPS) is 13.8. The number of carbonyl (C=O) groups excluding carboxylic acids is 3. The van der Waals surface area contributed by atoms with Gasteiger partial charge in [0.2, 0.25) is 11.7 Å². The van der Waals surface area contributed by atoms with E-state index in [1.54, 1.807) is 48.5 Å². The third-order valence-electron chi connectivity index (χ3n) is 5.39. The highest BCUT2D eigenvalue weighted by Crippen LogP contribution is 2.24. The van der Waals surface area contributed by atoms with Gasteiger partial charge in [0.1, 0.15) is 0 Å². The first-order valence-electron chi connectivity index (χ1n) is 10.9. The smallest absolute Gasteiger partial charge is 0.307 e. The fourth-order valence-electron chi connectivity index (χ4n) is 3.65. The van der Waals surface area contributed by atoms with E-state index < -0.39 is 12.1 Å². The molecule has 33 heavy (non-hydrogen) atoms. The number of Topliss-reactive ketones (excluding diaryl/α,β-unsaturated/α-hetero) is 1. The lowest BCUT2D eigenvalue weighted by Crippen LogP contribution is -2.25. The Morgan fingerprint density at radius 1 is 0.818 bits per heavy atom. The molecular weight excluding hydrogens is 416 g/mol. The number of rotatable bonds is 8. The van der Waals surface area contributed by atoms with E-state index in [-0.39, 0.29) is 24.5 Å². The Labute approximate surface area is 192 Å². The van der Waals surface area contributed by atoms with Crippen molar-refractivity contribution in [1.82, 2.24) is 5.01 Å². The molecular formula is C27H24N2O4. The van der Waals surface area contributed by atoms with Crippen LogP contribution in [-0.2, 0) is 14.3 Å². The van der Waals surface area contributed by atoms with Crippen LogP contribution in [-0.4, -0.2) is 34.9 Å². The number of amides is 1. The van der Waals surface area contributed by atoms with Crippen molar-refractivity contribution in [2.24, 2.45) is 5.10 Å². The summed E-state index contributed by atoms with van der Waals surface area (Å²) in [4.78, 5) is 38.2. The SMILES string of the molecule is O=C(CCC(=O)N1CCC(c2ccccc2)=N1)OC(C(=O)c1ccccc1)c1ccccc1. The van der Waals surface area contributed by atoms with Gasteiger partial charge in [-0.05, 0) is 5.56 Å². The highest BCUT2D eigenvalue weighted by atomic mass is 16.5. The van der Waals surface area contributed by atoms with Crippen LogP contribution in [0.1, 0.15) is 46.9 Å². The zero-order valence-electron chi connectivity index (χ0n) is 18.1. The van der Waals surface area contributed by atoms with Crippen LogP contribution in [0.5, 0.6) is 0 Å². The van der Waals surface area contributed by atoms with Gasteiger partial charge in [-0.15, -0.1) is 0 Å². The summed E-state index contributed by atoms with van der Waals surface area (Å²) < 4.78 is 5.56. The van der Waals surface area contributed by atoms with Gasteiger partial charge in [0, 0.05) is 24.0 Å². The summed E-state index contributed by atoms with van der Waals surface area (Å²) in [5.41, 5.74) is 2.87. The van der Waals surface area contributed by atoms with E-state index in [1.165, 1.54) is 5.01 Å². The Kier molecular flexibility index (Phi) is 7.05. The van der Waals surface area contributed by atoms with E-state index in [0.717, 1.165) is 11.3 Å². The number of hydrogen-bond donors (Lipinski definition) is 0. The minimum Gasteiger partial charge on any atom is -0.449 e. The lowest BCUT2D eigenvalue weighted by Gasteiger charge is -2.18. The van der Waals surface area contributed by atoms with Crippen LogP contribution in [0.15, 0.2) is 96.1 Å². The van der Waals surface area contributed by atoms with E-state index >= 15 is 0 Å². The van der Waals surface area contributed by atoms with Crippen molar-refractivity contribution in [3.8, 4) is 0 Å². The zero-order valence-corrected chi connectivity index (χ0v) is 18.1. The Bertz CT molecular complexity index is 1140. The molecule has 1 atom stereocenters. The van der Waals surface area contributed by atoms with Crippen LogP contribution in [0.25, 0.3) is 0 Å². The summed E-state index contributed by atoms with van der Waals surface area (Å²) in [7, 11) is 0. The molecule has 0 saturated carbocycles. The Morgan fingerprint density at radius 2 is 1.42 bits per heavy atom. The molecule has 0 spiro atoms. The molecule has 0 aromatic heterocycles. The molecule has 0 bridgehead atoms. The van der Waals surface area contributed by atoms with Crippen molar-refractivity contribution in [3.05, 3.63) is 108 Å². The number of ketones is 1. The molecule has 166 valence electrons. The molecule has 6 nitrogen and oxygen atoms in total. The van der Waals surface area contributed by atoms with Crippen molar-refractivity contribution in [3.63, 3.8) is 0 Å². The summed E-state index contributed by atoms with van der Waals surface area (Å²) in [6, 6.07) is 27.3. The molecule has 0 saturated heterocycles. The number of esters is 1. The van der Waals surface area contributed by atoms with Gasteiger partial charge in [-0.1, -0.05) is 91.0 Å². The fraction of sp³-hybridized carbons (Fsp3) is 0.185. The largest absolute Gasteiger partial charge is 0.449 e. The van der Waals surface area contributed by atoms with Gasteiger partial charge in [-0.25, -0.2) is 5.01 Å². The number of hydrazone groups is 1. The van der Waals surface area contributed by atoms with Gasteiger partial charge in [0.05, 0.1) is 18.7 Å². The first kappa shape index (κ1) is 22.1. The Balaban J connectivity index is 1.38. The maximum Gasteiger partial charge on any atom is 0.307 e. The average Bonchev–Trinajstić information content (AvgIpc) is 3.38. The van der Waals surface area contributed by atoms with Crippen LogP contribution in [0.2, 0.25) is 0 Å². The van der Waals surface area contributed by atoms with Gasteiger partial charge >= 0.3 is 5.97 Å². The van der Waals surface area contributed by atoms with Crippen molar-refractivity contribution >= 4 is 23.4 Å². The molecule has 1 unspecified atom stereocenters. The van der Waals surface area contributed by atoms with Crippen LogP contribution in [0.4, 0.5) is 0 Å². The quantitative estimate of drug-likeness (QED) is 0.380. The number of ether oxygens (including phenoxy) is 1. The summed E-state index contributed by atoms with van der Waals surface area (Å²) in [6.45, 7) is 0.483. The fourth-order valence-corrected chi connectivity index (χ4v) is 3.65. The Morgan fingerprint density at radius 3 is 2.09 bits per heavy atom. The number of nitrogens with zero attached hydrogens (tertiary/aromatic N) is 2. The number of carbonyl (C=O) groups is 3. The van der Waals surface area contributed by atoms with Crippen molar-refractivity contribution in [1.29, 1.82) is 0 Å². The van der Waals surface area contributed by atoms with E-state index in [4.69, 9.17) is 4.74 Å². The van der Waals surface area contributed by atoms with Gasteiger partial charge in [0.15, 0.2) is 6.10 Å². The van der Waals surface area contributed by atoms with Crippen LogP contribution in [0.3, 0.4) is 0 Å². The molecule has 1 aliphatic rings. The first-order valence-corrected chi connectivity index (χ1v) is 10.9. The molecule has 1 heterocycles. The molecule has 0 N–H and O–H groups in total.